The Balaban J connectivity index is 2.06. The molecule has 0 amide bonds. The molecule has 0 aromatic heterocycles. The van der Waals surface area contributed by atoms with Gasteiger partial charge in [0, 0.05) is 11.6 Å². The van der Waals surface area contributed by atoms with Crippen LogP contribution in [0.4, 0.5) is 13.2 Å². The van der Waals surface area contributed by atoms with Crippen molar-refractivity contribution < 1.29 is 13.2 Å². The fraction of sp³-hybridized carbons (Fsp3) is 0.400. The van der Waals surface area contributed by atoms with Crippen LogP contribution in [0.3, 0.4) is 0 Å². The van der Waals surface area contributed by atoms with Gasteiger partial charge in [0.05, 0.1) is 6.17 Å². The van der Waals surface area contributed by atoms with Gasteiger partial charge in [-0.25, -0.2) is 0 Å². The topological polar surface area (TPSA) is 24.1 Å². The van der Waals surface area contributed by atoms with Gasteiger partial charge in [0.15, 0.2) is 0 Å². The number of halogens is 4. The predicted octanol–water partition coefficient (Wildman–Crippen LogP) is 2.46. The minimum Gasteiger partial charge on any atom is -0.296 e. The van der Waals surface area contributed by atoms with E-state index >= 15 is 0 Å². The van der Waals surface area contributed by atoms with Crippen molar-refractivity contribution in [1.29, 1.82) is 0 Å². The molecule has 2 atom stereocenters. The molecule has 1 heterocycles. The Morgan fingerprint density at radius 1 is 1.19 bits per heavy atom. The normalized spacial score (nSPS) is 26.0. The van der Waals surface area contributed by atoms with E-state index in [-0.39, 0.29) is 6.54 Å². The largest absolute Gasteiger partial charge is 0.405 e. The second-order valence-corrected chi connectivity index (χ2v) is 4.09. The highest BCUT2D eigenvalue weighted by Crippen LogP contribution is 2.26. The maximum atomic E-state index is 12.4. The molecule has 1 aromatic carbocycles. The van der Waals surface area contributed by atoms with Gasteiger partial charge in [0.2, 0.25) is 0 Å². The summed E-state index contributed by atoms with van der Waals surface area (Å²) in [5.41, 5.74) is 0.746. The third kappa shape index (κ3) is 2.48. The smallest absolute Gasteiger partial charge is 0.296 e. The van der Waals surface area contributed by atoms with E-state index in [1.807, 2.05) is 0 Å². The number of alkyl halides is 3. The summed E-state index contributed by atoms with van der Waals surface area (Å²) in [4.78, 5) is 0. The van der Waals surface area contributed by atoms with Crippen molar-refractivity contribution in [3.63, 3.8) is 0 Å². The summed E-state index contributed by atoms with van der Waals surface area (Å²) in [6.07, 6.45) is -4.68. The molecule has 6 heteroatoms. The SMILES string of the molecule is FC(F)(F)C1CNC(c2ccc(Cl)cc2)N1. The lowest BCUT2D eigenvalue weighted by Gasteiger charge is -2.16. The number of nitrogens with one attached hydrogen (secondary N) is 2. The van der Waals surface area contributed by atoms with Crippen LogP contribution in [0.25, 0.3) is 0 Å². The van der Waals surface area contributed by atoms with Crippen molar-refractivity contribution in [3.05, 3.63) is 34.9 Å². The molecular formula is C10H10ClF3N2. The second-order valence-electron chi connectivity index (χ2n) is 3.65. The minimum absolute atomic E-state index is 0.114. The quantitative estimate of drug-likeness (QED) is 0.800. The Labute approximate surface area is 95.8 Å². The Kier molecular flexibility index (Phi) is 3.10. The molecule has 2 unspecified atom stereocenters. The van der Waals surface area contributed by atoms with Crippen molar-refractivity contribution in [3.8, 4) is 0 Å². The van der Waals surface area contributed by atoms with Crippen molar-refractivity contribution in [1.82, 2.24) is 10.6 Å². The lowest BCUT2D eigenvalue weighted by molar-refractivity contribution is -0.149. The zero-order valence-corrected chi connectivity index (χ0v) is 8.94. The number of hydrogen-bond donors (Lipinski definition) is 2. The van der Waals surface area contributed by atoms with E-state index < -0.39 is 18.4 Å². The average Bonchev–Trinajstić information content (AvgIpc) is 2.67. The second kappa shape index (κ2) is 4.24. The molecule has 1 aromatic rings. The van der Waals surface area contributed by atoms with Gasteiger partial charge in [-0.2, -0.15) is 13.2 Å². The van der Waals surface area contributed by atoms with Gasteiger partial charge >= 0.3 is 6.18 Å². The molecule has 0 spiro atoms. The molecule has 0 bridgehead atoms. The van der Waals surface area contributed by atoms with E-state index in [4.69, 9.17) is 11.6 Å². The molecule has 1 fully saturated rings. The number of rotatable bonds is 1. The highest BCUT2D eigenvalue weighted by molar-refractivity contribution is 6.30. The van der Waals surface area contributed by atoms with Gasteiger partial charge in [-0.15, -0.1) is 0 Å². The van der Waals surface area contributed by atoms with Crippen LogP contribution in [-0.2, 0) is 0 Å². The molecule has 2 N–H and O–H groups in total. The Morgan fingerprint density at radius 3 is 2.31 bits per heavy atom. The van der Waals surface area contributed by atoms with Crippen molar-refractivity contribution in [2.24, 2.45) is 0 Å². The lowest BCUT2D eigenvalue weighted by atomic mass is 10.2. The molecule has 2 rings (SSSR count). The molecule has 1 aliphatic rings. The van der Waals surface area contributed by atoms with Gasteiger partial charge in [-0.3, -0.25) is 10.6 Å². The summed E-state index contributed by atoms with van der Waals surface area (Å²) in [6.45, 7) is -0.114. The molecular weight excluding hydrogens is 241 g/mol. The standard InChI is InChI=1S/C10H10ClF3N2/c11-7-3-1-6(2-4-7)9-15-5-8(16-9)10(12,13)14/h1-4,8-9,15-16H,5H2. The Morgan fingerprint density at radius 2 is 1.81 bits per heavy atom. The molecule has 88 valence electrons. The molecule has 1 aliphatic heterocycles. The molecule has 0 radical (unpaired) electrons. The van der Waals surface area contributed by atoms with Crippen molar-refractivity contribution >= 4 is 11.6 Å². The molecule has 1 saturated heterocycles. The van der Waals surface area contributed by atoms with Gasteiger partial charge < -0.3 is 0 Å². The average molecular weight is 251 g/mol. The van der Waals surface area contributed by atoms with Crippen LogP contribution in [-0.4, -0.2) is 18.8 Å². The fourth-order valence-corrected chi connectivity index (χ4v) is 1.76. The first-order chi connectivity index (χ1) is 7.47. The van der Waals surface area contributed by atoms with E-state index in [1.165, 1.54) is 0 Å². The van der Waals surface area contributed by atoms with Crippen LogP contribution in [0.15, 0.2) is 24.3 Å². The van der Waals surface area contributed by atoms with Crippen LogP contribution in [0.1, 0.15) is 11.7 Å². The third-order valence-electron chi connectivity index (χ3n) is 2.49. The number of hydrogen-bond acceptors (Lipinski definition) is 2. The molecule has 0 saturated carbocycles. The summed E-state index contributed by atoms with van der Waals surface area (Å²) in [6, 6.07) is 5.22. The zero-order chi connectivity index (χ0) is 11.8. The monoisotopic (exact) mass is 250 g/mol. The maximum absolute atomic E-state index is 12.4. The molecule has 16 heavy (non-hydrogen) atoms. The first-order valence-corrected chi connectivity index (χ1v) is 5.16. The number of benzene rings is 1. The summed E-state index contributed by atoms with van der Waals surface area (Å²) in [5, 5.41) is 5.83. The van der Waals surface area contributed by atoms with E-state index in [0.29, 0.717) is 5.02 Å². The third-order valence-corrected chi connectivity index (χ3v) is 2.74. The lowest BCUT2D eigenvalue weighted by Crippen LogP contribution is -2.39. The van der Waals surface area contributed by atoms with Crippen LogP contribution < -0.4 is 10.6 Å². The summed E-state index contributed by atoms with van der Waals surface area (Å²) in [5.74, 6) is 0. The van der Waals surface area contributed by atoms with E-state index in [2.05, 4.69) is 10.6 Å². The van der Waals surface area contributed by atoms with Crippen molar-refractivity contribution in [2.75, 3.05) is 6.54 Å². The molecule has 2 nitrogen and oxygen atoms in total. The van der Waals surface area contributed by atoms with E-state index in [9.17, 15) is 13.2 Å². The van der Waals surface area contributed by atoms with Crippen LogP contribution in [0.5, 0.6) is 0 Å². The maximum Gasteiger partial charge on any atom is 0.405 e. The summed E-state index contributed by atoms with van der Waals surface area (Å²) < 4.78 is 37.2. The Bertz CT molecular complexity index is 363. The summed E-state index contributed by atoms with van der Waals surface area (Å²) in [7, 11) is 0. The van der Waals surface area contributed by atoms with Gasteiger partial charge in [-0.05, 0) is 17.7 Å². The minimum atomic E-state index is -4.21. The van der Waals surface area contributed by atoms with Gasteiger partial charge in [0.25, 0.3) is 0 Å². The first-order valence-electron chi connectivity index (χ1n) is 4.78. The predicted molar refractivity (Wildman–Crippen MR) is 55.2 cm³/mol. The fourth-order valence-electron chi connectivity index (χ4n) is 1.63. The van der Waals surface area contributed by atoms with E-state index in [0.717, 1.165) is 5.56 Å². The zero-order valence-electron chi connectivity index (χ0n) is 8.18. The Hall–Kier alpha value is -0.780. The van der Waals surface area contributed by atoms with Gasteiger partial charge in [0.1, 0.15) is 6.04 Å². The van der Waals surface area contributed by atoms with Gasteiger partial charge in [-0.1, -0.05) is 23.7 Å². The first kappa shape index (κ1) is 11.7. The molecule has 0 aliphatic carbocycles. The van der Waals surface area contributed by atoms with E-state index in [1.54, 1.807) is 24.3 Å². The highest BCUT2D eigenvalue weighted by atomic mass is 35.5. The van der Waals surface area contributed by atoms with Crippen LogP contribution in [0, 0.1) is 0 Å². The van der Waals surface area contributed by atoms with Crippen molar-refractivity contribution in [2.45, 2.75) is 18.4 Å². The van der Waals surface area contributed by atoms with Crippen LogP contribution >= 0.6 is 11.6 Å². The summed E-state index contributed by atoms with van der Waals surface area (Å²) >= 11 is 5.70. The van der Waals surface area contributed by atoms with Crippen LogP contribution in [0.2, 0.25) is 5.02 Å². The highest BCUT2D eigenvalue weighted by Gasteiger charge is 2.44.